The highest BCUT2D eigenvalue weighted by atomic mass is 35.5. The Labute approximate surface area is 84.6 Å². The Balaban J connectivity index is 2.46. The van der Waals surface area contributed by atoms with Crippen molar-refractivity contribution in [3.05, 3.63) is 0 Å². The Morgan fingerprint density at radius 3 is 2.85 bits per heavy atom. The van der Waals surface area contributed by atoms with E-state index in [1.165, 1.54) is 6.42 Å². The Hall–Kier alpha value is -0.280. The first-order valence-electron chi connectivity index (χ1n) is 4.65. The third-order valence-corrected chi connectivity index (χ3v) is 2.82. The highest BCUT2D eigenvalue weighted by Gasteiger charge is 2.23. The molecule has 0 radical (unpaired) electrons. The Morgan fingerprint density at radius 1 is 1.62 bits per heavy atom. The Bertz CT molecular complexity index is 184. The molecule has 0 aliphatic carbocycles. The zero-order valence-corrected chi connectivity index (χ0v) is 9.05. The number of hydrogen-bond acceptors (Lipinski definition) is 2. The fourth-order valence-electron chi connectivity index (χ4n) is 1.69. The number of likely N-dealkylation sites (tertiary alicyclic amines) is 1. The quantitative estimate of drug-likeness (QED) is 0.621. The normalized spacial score (nSPS) is 23.7. The highest BCUT2D eigenvalue weighted by molar-refractivity contribution is 6.27. The molecule has 1 saturated heterocycles. The maximum atomic E-state index is 11.3. The van der Waals surface area contributed by atoms with Crippen LogP contribution in [0.15, 0.2) is 0 Å². The third-order valence-electron chi connectivity index (χ3n) is 2.59. The number of hydrogen-bond donors (Lipinski definition) is 0. The summed E-state index contributed by atoms with van der Waals surface area (Å²) in [4.78, 5) is 15.3. The van der Waals surface area contributed by atoms with Crippen molar-refractivity contribution in [3.63, 3.8) is 0 Å². The number of amides is 1. The highest BCUT2D eigenvalue weighted by Crippen LogP contribution is 2.13. The molecule has 0 spiro atoms. The summed E-state index contributed by atoms with van der Waals surface area (Å²) in [6.07, 6.45) is 2.27. The second-order valence-corrected chi connectivity index (χ2v) is 4.00. The van der Waals surface area contributed by atoms with Gasteiger partial charge in [0.1, 0.15) is 5.88 Å². The van der Waals surface area contributed by atoms with Crippen LogP contribution in [0.5, 0.6) is 0 Å². The first-order valence-corrected chi connectivity index (χ1v) is 5.18. The topological polar surface area (TPSA) is 23.6 Å². The van der Waals surface area contributed by atoms with Crippen molar-refractivity contribution in [1.82, 2.24) is 9.80 Å². The number of rotatable bonds is 2. The summed E-state index contributed by atoms with van der Waals surface area (Å²) in [5.74, 6) is 0.174. The molecule has 0 aromatic heterocycles. The van der Waals surface area contributed by atoms with Crippen LogP contribution in [0.1, 0.15) is 12.8 Å². The molecule has 1 amide bonds. The number of nitrogens with zero attached hydrogens (tertiary/aromatic N) is 2. The van der Waals surface area contributed by atoms with Crippen LogP contribution in [0, 0.1) is 0 Å². The van der Waals surface area contributed by atoms with Gasteiger partial charge in [0, 0.05) is 19.1 Å². The minimum atomic E-state index is 0.0632. The third kappa shape index (κ3) is 2.85. The molecule has 1 heterocycles. The van der Waals surface area contributed by atoms with Crippen LogP contribution in [0.25, 0.3) is 0 Å². The van der Waals surface area contributed by atoms with E-state index in [-0.39, 0.29) is 11.8 Å². The average Bonchev–Trinajstić information content (AvgIpc) is 2.17. The van der Waals surface area contributed by atoms with E-state index in [1.54, 1.807) is 0 Å². The molecule has 0 saturated carbocycles. The molecule has 0 bridgehead atoms. The molecule has 4 heteroatoms. The van der Waals surface area contributed by atoms with E-state index in [1.807, 2.05) is 4.90 Å². The Kier molecular flexibility index (Phi) is 4.00. The van der Waals surface area contributed by atoms with Crippen LogP contribution < -0.4 is 0 Å². The molecule has 0 aromatic carbocycles. The lowest BCUT2D eigenvalue weighted by atomic mass is 10.1. The molecule has 1 atom stereocenters. The van der Waals surface area contributed by atoms with E-state index in [4.69, 9.17) is 11.6 Å². The van der Waals surface area contributed by atoms with Crippen molar-refractivity contribution in [2.45, 2.75) is 18.9 Å². The first-order chi connectivity index (χ1) is 6.15. The first kappa shape index (κ1) is 10.8. The molecule has 1 aliphatic heterocycles. The zero-order valence-electron chi connectivity index (χ0n) is 8.29. The van der Waals surface area contributed by atoms with Gasteiger partial charge in [0.15, 0.2) is 0 Å². The van der Waals surface area contributed by atoms with E-state index < -0.39 is 0 Å². The second kappa shape index (κ2) is 4.82. The fourth-order valence-corrected chi connectivity index (χ4v) is 1.86. The summed E-state index contributed by atoms with van der Waals surface area (Å²) in [6, 6.07) is 0.501. The monoisotopic (exact) mass is 204 g/mol. The van der Waals surface area contributed by atoms with Crippen molar-refractivity contribution >= 4 is 17.5 Å². The molecule has 0 N–H and O–H groups in total. The number of carbonyl (C=O) groups excluding carboxylic acids is 1. The minimum absolute atomic E-state index is 0.0632. The Morgan fingerprint density at radius 2 is 2.31 bits per heavy atom. The van der Waals surface area contributed by atoms with Gasteiger partial charge >= 0.3 is 0 Å². The van der Waals surface area contributed by atoms with Gasteiger partial charge in [0.05, 0.1) is 0 Å². The van der Waals surface area contributed by atoms with Crippen molar-refractivity contribution in [2.24, 2.45) is 0 Å². The zero-order chi connectivity index (χ0) is 9.84. The molecule has 1 aliphatic rings. The smallest absolute Gasteiger partial charge is 0.237 e. The molecule has 1 fully saturated rings. The number of piperidine rings is 1. The summed E-state index contributed by atoms with van der Waals surface area (Å²) in [5, 5.41) is 0. The van der Waals surface area contributed by atoms with Crippen LogP contribution >= 0.6 is 11.6 Å². The standard InChI is InChI=1S/C9H17ClN2O/c1-11(2)8-4-3-5-12(7-8)9(13)6-10/h8H,3-7H2,1-2H3/t8-/m0/s1. The molecule has 3 nitrogen and oxygen atoms in total. The maximum absolute atomic E-state index is 11.3. The van der Waals surface area contributed by atoms with Crippen LogP contribution in [0.3, 0.4) is 0 Å². The molecular weight excluding hydrogens is 188 g/mol. The van der Waals surface area contributed by atoms with Gasteiger partial charge in [0.2, 0.25) is 5.91 Å². The molecule has 13 heavy (non-hydrogen) atoms. The number of likely N-dealkylation sites (N-methyl/N-ethyl adjacent to an activating group) is 1. The van der Waals surface area contributed by atoms with Gasteiger partial charge in [-0.2, -0.15) is 0 Å². The second-order valence-electron chi connectivity index (χ2n) is 3.73. The van der Waals surface area contributed by atoms with Crippen LogP contribution in [0.2, 0.25) is 0 Å². The van der Waals surface area contributed by atoms with Crippen molar-refractivity contribution in [2.75, 3.05) is 33.1 Å². The maximum Gasteiger partial charge on any atom is 0.237 e. The summed E-state index contributed by atoms with van der Waals surface area (Å²) >= 11 is 5.51. The number of halogens is 1. The van der Waals surface area contributed by atoms with Gasteiger partial charge in [0.25, 0.3) is 0 Å². The SMILES string of the molecule is CN(C)[C@H]1CCCN(C(=O)CCl)C1. The largest absolute Gasteiger partial charge is 0.340 e. The fraction of sp³-hybridized carbons (Fsp3) is 0.889. The summed E-state index contributed by atoms with van der Waals surface area (Å²) in [6.45, 7) is 1.70. The van der Waals surface area contributed by atoms with Crippen molar-refractivity contribution < 1.29 is 4.79 Å². The molecule has 1 rings (SSSR count). The van der Waals surface area contributed by atoms with Crippen LogP contribution in [-0.2, 0) is 4.79 Å². The molecule has 76 valence electrons. The van der Waals surface area contributed by atoms with E-state index >= 15 is 0 Å². The lowest BCUT2D eigenvalue weighted by molar-refractivity contribution is -0.130. The van der Waals surface area contributed by atoms with Gasteiger partial charge < -0.3 is 9.80 Å². The van der Waals surface area contributed by atoms with Gasteiger partial charge in [-0.25, -0.2) is 0 Å². The van der Waals surface area contributed by atoms with Crippen LogP contribution in [0.4, 0.5) is 0 Å². The van der Waals surface area contributed by atoms with E-state index in [9.17, 15) is 4.79 Å². The van der Waals surface area contributed by atoms with Crippen molar-refractivity contribution in [1.29, 1.82) is 0 Å². The number of alkyl halides is 1. The molecule has 0 unspecified atom stereocenters. The summed E-state index contributed by atoms with van der Waals surface area (Å²) < 4.78 is 0. The van der Waals surface area contributed by atoms with E-state index in [2.05, 4.69) is 19.0 Å². The lowest BCUT2D eigenvalue weighted by Gasteiger charge is -2.35. The predicted octanol–water partition coefficient (Wildman–Crippen LogP) is 0.778. The van der Waals surface area contributed by atoms with Gasteiger partial charge in [-0.3, -0.25) is 4.79 Å². The van der Waals surface area contributed by atoms with E-state index in [0.29, 0.717) is 6.04 Å². The number of carbonyl (C=O) groups is 1. The minimum Gasteiger partial charge on any atom is -0.340 e. The van der Waals surface area contributed by atoms with Gasteiger partial charge in [-0.15, -0.1) is 11.6 Å². The average molecular weight is 205 g/mol. The van der Waals surface area contributed by atoms with Crippen molar-refractivity contribution in [3.8, 4) is 0 Å². The summed E-state index contributed by atoms with van der Waals surface area (Å²) in [5.41, 5.74) is 0. The summed E-state index contributed by atoms with van der Waals surface area (Å²) in [7, 11) is 4.11. The van der Waals surface area contributed by atoms with Crippen LogP contribution in [-0.4, -0.2) is 54.8 Å². The van der Waals surface area contributed by atoms with Gasteiger partial charge in [-0.05, 0) is 26.9 Å². The molecule has 0 aromatic rings. The van der Waals surface area contributed by atoms with Gasteiger partial charge in [-0.1, -0.05) is 0 Å². The lowest BCUT2D eigenvalue weighted by Crippen LogP contribution is -2.47. The van der Waals surface area contributed by atoms with E-state index in [0.717, 1.165) is 19.5 Å². The predicted molar refractivity (Wildman–Crippen MR) is 54.0 cm³/mol. The molecular formula is C9H17ClN2O.